The summed E-state index contributed by atoms with van der Waals surface area (Å²) in [6.45, 7) is 2.18. The average molecular weight is 365 g/mol. The third kappa shape index (κ3) is 3.15. The number of fused-ring (bicyclic) bond motifs is 1. The number of nitrogens with one attached hydrogen (secondary N) is 1. The Bertz CT molecular complexity index is 922. The maximum atomic E-state index is 12.9. The molecule has 27 heavy (non-hydrogen) atoms. The molecule has 0 aromatic heterocycles. The van der Waals surface area contributed by atoms with Gasteiger partial charge in [0.1, 0.15) is 17.1 Å². The molecule has 2 aromatic rings. The monoisotopic (exact) mass is 365 g/mol. The minimum absolute atomic E-state index is 0.0940. The van der Waals surface area contributed by atoms with E-state index in [0.29, 0.717) is 19.7 Å². The molecule has 7 heteroatoms. The van der Waals surface area contributed by atoms with Crippen LogP contribution in [0.4, 0.5) is 5.69 Å². The summed E-state index contributed by atoms with van der Waals surface area (Å²) in [6.07, 6.45) is 0.944. The van der Waals surface area contributed by atoms with Gasteiger partial charge < -0.3 is 25.2 Å². The summed E-state index contributed by atoms with van der Waals surface area (Å²) in [5.74, 6) is -1.26. The van der Waals surface area contributed by atoms with Gasteiger partial charge >= 0.3 is 0 Å². The molecule has 1 amide bonds. The number of phenolic OH excluding ortho intramolecular Hbond substituents is 2. The average Bonchev–Trinajstić information content (AvgIpc) is 3.30. The summed E-state index contributed by atoms with van der Waals surface area (Å²) in [5, 5.41) is 32.6. The molecule has 0 saturated carbocycles. The maximum absolute atomic E-state index is 12.9. The normalized spacial score (nSPS) is 18.2. The van der Waals surface area contributed by atoms with Gasteiger partial charge in [0.2, 0.25) is 0 Å². The number of anilines is 1. The summed E-state index contributed by atoms with van der Waals surface area (Å²) in [7, 11) is 0. The Kier molecular flexibility index (Phi) is 4.34. The van der Waals surface area contributed by atoms with Crippen molar-refractivity contribution in [1.82, 2.24) is 4.90 Å². The molecule has 1 atom stereocenters. The number of carbonyl (C=O) groups excluding carboxylic acids is 1. The lowest BCUT2D eigenvalue weighted by Gasteiger charge is -2.18. The van der Waals surface area contributed by atoms with Crippen LogP contribution in [0.15, 0.2) is 30.3 Å². The van der Waals surface area contributed by atoms with Crippen molar-refractivity contribution in [3.8, 4) is 17.6 Å². The van der Waals surface area contributed by atoms with Gasteiger partial charge in [-0.15, -0.1) is 0 Å². The molecule has 3 N–H and O–H groups in total. The fourth-order valence-electron chi connectivity index (χ4n) is 3.62. The van der Waals surface area contributed by atoms with Crippen molar-refractivity contribution in [3.63, 3.8) is 0 Å². The van der Waals surface area contributed by atoms with Crippen molar-refractivity contribution in [1.29, 1.82) is 5.26 Å². The van der Waals surface area contributed by atoms with E-state index in [4.69, 9.17) is 10.00 Å². The lowest BCUT2D eigenvalue weighted by atomic mass is 10.1. The van der Waals surface area contributed by atoms with Gasteiger partial charge in [0.25, 0.3) is 5.91 Å². The second kappa shape index (κ2) is 6.82. The zero-order chi connectivity index (χ0) is 19.0. The Morgan fingerprint density at radius 2 is 2.04 bits per heavy atom. The van der Waals surface area contributed by atoms with E-state index in [1.165, 1.54) is 12.1 Å². The van der Waals surface area contributed by atoms with Crippen LogP contribution in [0, 0.1) is 11.3 Å². The van der Waals surface area contributed by atoms with Gasteiger partial charge in [0, 0.05) is 25.4 Å². The molecule has 0 bridgehead atoms. The first-order valence-corrected chi connectivity index (χ1v) is 8.77. The predicted octanol–water partition coefficient (Wildman–Crippen LogP) is 2.33. The Morgan fingerprint density at radius 3 is 2.70 bits per heavy atom. The van der Waals surface area contributed by atoms with E-state index in [1.807, 2.05) is 24.3 Å². The zero-order valence-electron chi connectivity index (χ0n) is 14.6. The smallest absolute Gasteiger partial charge is 0.262 e. The number of hydrogen-bond acceptors (Lipinski definition) is 6. The topological polar surface area (TPSA) is 106 Å². The molecule has 1 fully saturated rings. The number of rotatable bonds is 3. The molecule has 2 aliphatic heterocycles. The first-order valence-electron chi connectivity index (χ1n) is 8.77. The molecule has 0 unspecified atom stereocenters. The van der Waals surface area contributed by atoms with Crippen molar-refractivity contribution in [2.45, 2.75) is 25.6 Å². The Balaban J connectivity index is 1.58. The van der Waals surface area contributed by atoms with Crippen molar-refractivity contribution in [2.24, 2.45) is 0 Å². The highest BCUT2D eigenvalue weighted by molar-refractivity contribution is 6.00. The van der Waals surface area contributed by atoms with E-state index >= 15 is 0 Å². The molecule has 138 valence electrons. The van der Waals surface area contributed by atoms with Crippen LogP contribution in [0.25, 0.3) is 0 Å². The standard InChI is InChI=1S/C20H19N3O4/c21-8-12-6-17(24)19(18(25)7-12)20(26)23-9-13-2-1-3-16(15(13)10-23)22-14-4-5-27-11-14/h1-3,6-7,14,22,24-25H,4-5,9-11H2/t14-/m0/s1. The fraction of sp³-hybridized carbons (Fsp3) is 0.300. The van der Waals surface area contributed by atoms with Crippen LogP contribution < -0.4 is 5.32 Å². The highest BCUT2D eigenvalue weighted by Crippen LogP contribution is 2.35. The summed E-state index contributed by atoms with van der Waals surface area (Å²) in [6, 6.07) is 10.4. The van der Waals surface area contributed by atoms with Gasteiger partial charge in [0.05, 0.1) is 24.3 Å². The quantitative estimate of drug-likeness (QED) is 0.771. The van der Waals surface area contributed by atoms with Crippen molar-refractivity contribution >= 4 is 11.6 Å². The largest absolute Gasteiger partial charge is 0.507 e. The molecule has 1 saturated heterocycles. The molecular formula is C20H19N3O4. The molecule has 2 heterocycles. The Hall–Kier alpha value is -3.24. The van der Waals surface area contributed by atoms with Crippen molar-refractivity contribution in [3.05, 3.63) is 52.6 Å². The van der Waals surface area contributed by atoms with Crippen molar-refractivity contribution < 1.29 is 19.7 Å². The van der Waals surface area contributed by atoms with Crippen molar-refractivity contribution in [2.75, 3.05) is 18.5 Å². The van der Waals surface area contributed by atoms with Crippen LogP contribution in [0.5, 0.6) is 11.5 Å². The summed E-state index contributed by atoms with van der Waals surface area (Å²) < 4.78 is 5.41. The highest BCUT2D eigenvalue weighted by atomic mass is 16.5. The first kappa shape index (κ1) is 17.2. The number of phenols is 2. The molecule has 2 aromatic carbocycles. The lowest BCUT2D eigenvalue weighted by Crippen LogP contribution is -2.26. The lowest BCUT2D eigenvalue weighted by molar-refractivity contribution is 0.0745. The van der Waals surface area contributed by atoms with Crippen LogP contribution in [0.3, 0.4) is 0 Å². The highest BCUT2D eigenvalue weighted by Gasteiger charge is 2.30. The van der Waals surface area contributed by atoms with E-state index in [1.54, 1.807) is 4.90 Å². The number of amides is 1. The van der Waals surface area contributed by atoms with E-state index < -0.39 is 17.4 Å². The number of nitrogens with zero attached hydrogens (tertiary/aromatic N) is 2. The summed E-state index contributed by atoms with van der Waals surface area (Å²) in [5.41, 5.74) is 2.95. The molecule has 0 radical (unpaired) electrons. The molecular weight excluding hydrogens is 346 g/mol. The number of benzene rings is 2. The van der Waals surface area contributed by atoms with Crippen LogP contribution in [-0.2, 0) is 17.8 Å². The second-order valence-corrected chi connectivity index (χ2v) is 6.81. The van der Waals surface area contributed by atoms with E-state index in [-0.39, 0.29) is 17.2 Å². The predicted molar refractivity (Wildman–Crippen MR) is 97.4 cm³/mol. The van der Waals surface area contributed by atoms with Gasteiger partial charge in [-0.1, -0.05) is 12.1 Å². The molecule has 0 spiro atoms. The first-order chi connectivity index (χ1) is 13.1. The van der Waals surface area contributed by atoms with Crippen LogP contribution >= 0.6 is 0 Å². The van der Waals surface area contributed by atoms with Gasteiger partial charge in [-0.3, -0.25) is 4.79 Å². The van der Waals surface area contributed by atoms with Gasteiger partial charge in [-0.2, -0.15) is 5.26 Å². The third-order valence-electron chi connectivity index (χ3n) is 5.00. The zero-order valence-corrected chi connectivity index (χ0v) is 14.6. The number of hydrogen-bond donors (Lipinski definition) is 3. The number of aromatic hydroxyl groups is 2. The SMILES string of the molecule is N#Cc1cc(O)c(C(=O)N2Cc3cccc(N[C@H]4CCOC4)c3C2)c(O)c1. The number of nitriles is 1. The van der Waals surface area contributed by atoms with Gasteiger partial charge in [-0.05, 0) is 35.7 Å². The van der Waals surface area contributed by atoms with Crippen LogP contribution in [0.1, 0.15) is 33.5 Å². The summed E-state index contributed by atoms with van der Waals surface area (Å²) >= 11 is 0. The molecule has 0 aliphatic carbocycles. The van der Waals surface area contributed by atoms with E-state index in [2.05, 4.69) is 5.32 Å². The minimum atomic E-state index is -0.471. The fourth-order valence-corrected chi connectivity index (χ4v) is 3.62. The Morgan fingerprint density at radius 1 is 1.26 bits per heavy atom. The second-order valence-electron chi connectivity index (χ2n) is 6.81. The van der Waals surface area contributed by atoms with Crippen LogP contribution in [-0.4, -0.2) is 40.3 Å². The van der Waals surface area contributed by atoms with Gasteiger partial charge in [-0.25, -0.2) is 0 Å². The van der Waals surface area contributed by atoms with Crippen LogP contribution in [0.2, 0.25) is 0 Å². The van der Waals surface area contributed by atoms with E-state index in [9.17, 15) is 15.0 Å². The van der Waals surface area contributed by atoms with E-state index in [0.717, 1.165) is 29.8 Å². The number of ether oxygens (including phenoxy) is 1. The maximum Gasteiger partial charge on any atom is 0.262 e. The minimum Gasteiger partial charge on any atom is -0.507 e. The third-order valence-corrected chi connectivity index (χ3v) is 5.00. The van der Waals surface area contributed by atoms with Gasteiger partial charge in [0.15, 0.2) is 0 Å². The molecule has 7 nitrogen and oxygen atoms in total. The number of carbonyl (C=O) groups is 1. The molecule has 2 aliphatic rings. The Labute approximate surface area is 156 Å². The molecule has 4 rings (SSSR count). The summed E-state index contributed by atoms with van der Waals surface area (Å²) in [4.78, 5) is 14.5.